The van der Waals surface area contributed by atoms with Gasteiger partial charge in [-0.1, -0.05) is 32.9 Å². The third-order valence-electron chi connectivity index (χ3n) is 3.08. The summed E-state index contributed by atoms with van der Waals surface area (Å²) in [6.45, 7) is 5.78. The molecule has 0 heterocycles. The van der Waals surface area contributed by atoms with Gasteiger partial charge in [-0.3, -0.25) is 0 Å². The highest BCUT2D eigenvalue weighted by atomic mass is 32.2. The molecule has 0 amide bonds. The molecule has 1 aromatic rings. The first kappa shape index (κ1) is 22.3. The van der Waals surface area contributed by atoms with Crippen molar-refractivity contribution in [1.82, 2.24) is 0 Å². The molecule has 0 radical (unpaired) electrons. The summed E-state index contributed by atoms with van der Waals surface area (Å²) < 4.78 is 99.7. The van der Waals surface area contributed by atoms with Crippen LogP contribution in [0.1, 0.15) is 36.7 Å². The molecule has 0 aromatic heterocycles. The molecule has 0 spiro atoms. The highest BCUT2D eigenvalue weighted by molar-refractivity contribution is 7.86. The second kappa shape index (κ2) is 7.10. The van der Waals surface area contributed by atoms with Crippen LogP contribution in [0, 0.1) is 5.41 Å². The number of carbonyl (C=O) groups is 1. The fourth-order valence-corrected chi connectivity index (χ4v) is 2.45. The van der Waals surface area contributed by atoms with Crippen molar-refractivity contribution < 1.29 is 44.5 Å². The van der Waals surface area contributed by atoms with E-state index in [9.17, 15) is 39.7 Å². The van der Waals surface area contributed by atoms with Crippen LogP contribution in [0.15, 0.2) is 24.3 Å². The second-order valence-corrected chi connectivity index (χ2v) is 8.23. The summed E-state index contributed by atoms with van der Waals surface area (Å²) in [5, 5.41) is -5.87. The summed E-state index contributed by atoms with van der Waals surface area (Å²) in [6, 6.07) is 4.90. The molecule has 0 aliphatic heterocycles. The Morgan fingerprint density at radius 2 is 1.54 bits per heavy atom. The van der Waals surface area contributed by atoms with E-state index in [2.05, 4.69) is 4.74 Å². The topological polar surface area (TPSA) is 83.5 Å². The van der Waals surface area contributed by atoms with Crippen molar-refractivity contribution in [3.8, 4) is 0 Å². The summed E-state index contributed by atoms with van der Waals surface area (Å²) in [7, 11) is -6.72. The van der Waals surface area contributed by atoms with Crippen molar-refractivity contribution >= 4 is 16.1 Å². The second-order valence-electron chi connectivity index (χ2n) is 6.78. The van der Waals surface area contributed by atoms with E-state index in [0.717, 1.165) is 17.7 Å². The molecule has 0 saturated carbocycles. The minimum Gasteiger partial charge on any atom is -0.743 e. The summed E-state index contributed by atoms with van der Waals surface area (Å²) in [5.41, 5.74) is 0.110. The number of carbonyl (C=O) groups excluding carboxylic acids is 1. The zero-order valence-electron chi connectivity index (χ0n) is 13.9. The lowest BCUT2D eigenvalue weighted by molar-refractivity contribution is -0.248. The van der Waals surface area contributed by atoms with Crippen LogP contribution in [0.25, 0.3) is 0 Å². The Morgan fingerprint density at radius 1 is 1.08 bits per heavy atom. The number of halogens is 5. The van der Waals surface area contributed by atoms with Crippen molar-refractivity contribution in [3.63, 3.8) is 0 Å². The monoisotopic (exact) mass is 403 g/mol. The number of ether oxygens (including phenoxy) is 1. The minimum atomic E-state index is -6.72. The number of alkyl halides is 5. The molecule has 0 fully saturated rings. The van der Waals surface area contributed by atoms with E-state index >= 15 is 0 Å². The average molecular weight is 403 g/mol. The molecule has 1 unspecified atom stereocenters. The van der Waals surface area contributed by atoms with Crippen LogP contribution >= 0.6 is 0 Å². The predicted octanol–water partition coefficient (Wildman–Crippen LogP) is 3.50. The molecule has 0 saturated heterocycles. The summed E-state index contributed by atoms with van der Waals surface area (Å²) in [4.78, 5) is 11.7. The van der Waals surface area contributed by atoms with Crippen LogP contribution in [0.3, 0.4) is 0 Å². The van der Waals surface area contributed by atoms with Gasteiger partial charge in [0.15, 0.2) is 10.1 Å². The van der Waals surface area contributed by atoms with Gasteiger partial charge in [-0.25, -0.2) is 13.2 Å². The molecule has 0 aliphatic carbocycles. The Labute approximate surface area is 146 Å². The molecular weight excluding hydrogens is 387 g/mol. The lowest BCUT2D eigenvalue weighted by Gasteiger charge is -2.29. The van der Waals surface area contributed by atoms with Crippen LogP contribution in [-0.4, -0.2) is 36.5 Å². The summed E-state index contributed by atoms with van der Waals surface area (Å²) in [5.74, 6) is -1.84. The molecule has 5 nitrogen and oxygen atoms in total. The summed E-state index contributed by atoms with van der Waals surface area (Å²) in [6.07, 6.45) is -9.82. The van der Waals surface area contributed by atoms with Crippen molar-refractivity contribution in [1.29, 1.82) is 0 Å². The standard InChI is InChI=1S/C15H17F5O5S/c1-13(2,3)8-9-4-6-10(7-5-9)11(21)25-12(14(16,17)18)15(19,20)26(22,23)24/h4-7,12H,8H2,1-3H3,(H,22,23,24)/p-1. The fraction of sp³-hybridized carbons (Fsp3) is 0.533. The smallest absolute Gasteiger partial charge is 0.432 e. The quantitative estimate of drug-likeness (QED) is 0.427. The Balaban J connectivity index is 3.08. The van der Waals surface area contributed by atoms with Gasteiger partial charge in [-0.15, -0.1) is 0 Å². The Hall–Kier alpha value is -1.75. The molecule has 1 rings (SSSR count). The van der Waals surface area contributed by atoms with E-state index in [1.807, 2.05) is 20.8 Å². The molecule has 0 N–H and O–H groups in total. The maximum atomic E-state index is 13.3. The minimum absolute atomic E-state index is 0.117. The van der Waals surface area contributed by atoms with Crippen LogP contribution in [-0.2, 0) is 21.3 Å². The molecule has 148 valence electrons. The van der Waals surface area contributed by atoms with Gasteiger partial charge < -0.3 is 9.29 Å². The third-order valence-corrected chi connectivity index (χ3v) is 3.97. The van der Waals surface area contributed by atoms with E-state index in [1.165, 1.54) is 12.1 Å². The molecule has 1 aromatic carbocycles. The van der Waals surface area contributed by atoms with Crippen molar-refractivity contribution in [2.45, 2.75) is 44.7 Å². The first-order valence-corrected chi connectivity index (χ1v) is 8.56. The number of esters is 1. The average Bonchev–Trinajstić information content (AvgIpc) is 2.40. The van der Waals surface area contributed by atoms with Crippen molar-refractivity contribution in [2.75, 3.05) is 0 Å². The van der Waals surface area contributed by atoms with Crippen LogP contribution < -0.4 is 0 Å². The van der Waals surface area contributed by atoms with Gasteiger partial charge in [0.2, 0.25) is 0 Å². The van der Waals surface area contributed by atoms with Crippen LogP contribution in [0.4, 0.5) is 22.0 Å². The maximum Gasteiger partial charge on any atom is 0.432 e. The van der Waals surface area contributed by atoms with Crippen LogP contribution in [0.5, 0.6) is 0 Å². The van der Waals surface area contributed by atoms with Gasteiger partial charge in [-0.2, -0.15) is 22.0 Å². The maximum absolute atomic E-state index is 13.3. The normalized spacial score (nSPS) is 14.8. The van der Waals surface area contributed by atoms with Gasteiger partial charge in [0.1, 0.15) is 0 Å². The molecule has 26 heavy (non-hydrogen) atoms. The van der Waals surface area contributed by atoms with Gasteiger partial charge in [-0.05, 0) is 29.5 Å². The first-order chi connectivity index (χ1) is 11.4. The zero-order valence-corrected chi connectivity index (χ0v) is 14.7. The van der Waals surface area contributed by atoms with E-state index in [0.29, 0.717) is 6.42 Å². The summed E-state index contributed by atoms with van der Waals surface area (Å²) >= 11 is 0. The number of benzene rings is 1. The number of rotatable bonds is 5. The van der Waals surface area contributed by atoms with E-state index in [-0.39, 0.29) is 5.41 Å². The van der Waals surface area contributed by atoms with E-state index < -0.39 is 39.2 Å². The predicted molar refractivity (Wildman–Crippen MR) is 79.5 cm³/mol. The van der Waals surface area contributed by atoms with Gasteiger partial charge >= 0.3 is 17.4 Å². The lowest BCUT2D eigenvalue weighted by Crippen LogP contribution is -2.52. The number of hydrogen-bond acceptors (Lipinski definition) is 5. The molecular formula is C15H16F5O5S-. The first-order valence-electron chi connectivity index (χ1n) is 7.15. The third kappa shape index (κ3) is 5.63. The van der Waals surface area contributed by atoms with Gasteiger partial charge in [0.05, 0.1) is 5.56 Å². The zero-order chi connectivity index (χ0) is 20.6. The molecule has 1 atom stereocenters. The van der Waals surface area contributed by atoms with E-state index in [4.69, 9.17) is 0 Å². The molecule has 0 bridgehead atoms. The largest absolute Gasteiger partial charge is 0.743 e. The number of hydrogen-bond donors (Lipinski definition) is 0. The van der Waals surface area contributed by atoms with Crippen molar-refractivity contribution in [2.24, 2.45) is 5.41 Å². The van der Waals surface area contributed by atoms with Gasteiger partial charge in [0.25, 0.3) is 6.10 Å². The lowest BCUT2D eigenvalue weighted by atomic mass is 9.88. The highest BCUT2D eigenvalue weighted by Crippen LogP contribution is 2.38. The fourth-order valence-electron chi connectivity index (χ4n) is 2.00. The SMILES string of the molecule is CC(C)(C)Cc1ccc(C(=O)OC(C(F)(F)F)C(F)(F)S(=O)(=O)[O-])cc1. The van der Waals surface area contributed by atoms with Crippen molar-refractivity contribution in [3.05, 3.63) is 35.4 Å². The Bertz CT molecular complexity index is 748. The molecule has 11 heteroatoms. The van der Waals surface area contributed by atoms with Gasteiger partial charge in [0, 0.05) is 0 Å². The molecule has 0 aliphatic rings. The Morgan fingerprint density at radius 3 is 1.88 bits per heavy atom. The Kier molecular flexibility index (Phi) is 6.09. The van der Waals surface area contributed by atoms with Crippen LogP contribution in [0.2, 0.25) is 0 Å². The van der Waals surface area contributed by atoms with E-state index in [1.54, 1.807) is 0 Å². The highest BCUT2D eigenvalue weighted by Gasteiger charge is 2.63.